The molecule has 0 saturated carbocycles. The van der Waals surface area contributed by atoms with E-state index in [1.807, 2.05) is 30.1 Å². The van der Waals surface area contributed by atoms with Gasteiger partial charge in [-0.15, -0.1) is 24.0 Å². The molecule has 7 nitrogen and oxygen atoms in total. The normalized spacial score (nSPS) is 10.8. The summed E-state index contributed by atoms with van der Waals surface area (Å²) in [5.74, 6) is 1.43. The Bertz CT molecular complexity index is 924. The van der Waals surface area contributed by atoms with Gasteiger partial charge in [-0.25, -0.2) is 4.39 Å². The lowest BCUT2D eigenvalue weighted by atomic mass is 10.1. The minimum Gasteiger partial charge on any atom is -0.493 e. The molecule has 0 radical (unpaired) electrons. The second-order valence-corrected chi connectivity index (χ2v) is 7.05. The van der Waals surface area contributed by atoms with Crippen molar-refractivity contribution in [2.24, 2.45) is 4.99 Å². The molecule has 0 fully saturated rings. The maximum absolute atomic E-state index is 13.6. The number of guanidine groups is 1. The van der Waals surface area contributed by atoms with Crippen molar-refractivity contribution in [3.63, 3.8) is 0 Å². The molecule has 0 atom stereocenters. The zero-order valence-corrected chi connectivity index (χ0v) is 21.5. The Morgan fingerprint density at radius 2 is 1.75 bits per heavy atom. The molecular formula is C23H32FIN4O3. The molecule has 2 rings (SSSR count). The molecule has 0 saturated heterocycles. The molecule has 0 heterocycles. The number of aryl methyl sites for hydroxylation is 1. The van der Waals surface area contributed by atoms with Gasteiger partial charge in [0.25, 0.3) is 5.91 Å². The first kappa shape index (κ1) is 27.5. The number of nitrogens with zero attached hydrogens (tertiary/aromatic N) is 2. The van der Waals surface area contributed by atoms with Crippen LogP contribution in [0.15, 0.2) is 41.4 Å². The number of hydrogen-bond donors (Lipinski definition) is 2. The van der Waals surface area contributed by atoms with Gasteiger partial charge in [0.1, 0.15) is 5.82 Å². The van der Waals surface area contributed by atoms with Crippen molar-refractivity contribution in [2.75, 3.05) is 47.9 Å². The van der Waals surface area contributed by atoms with Gasteiger partial charge in [0.05, 0.1) is 14.2 Å². The quantitative estimate of drug-likeness (QED) is 0.214. The highest BCUT2D eigenvalue weighted by Gasteiger charge is 2.10. The molecule has 0 aliphatic carbocycles. The van der Waals surface area contributed by atoms with Crippen LogP contribution in [0.2, 0.25) is 0 Å². The Morgan fingerprint density at radius 1 is 1.06 bits per heavy atom. The van der Waals surface area contributed by atoms with E-state index in [2.05, 4.69) is 15.6 Å². The molecule has 176 valence electrons. The average molecular weight is 558 g/mol. The van der Waals surface area contributed by atoms with Crippen molar-refractivity contribution in [3.8, 4) is 11.5 Å². The lowest BCUT2D eigenvalue weighted by Gasteiger charge is -2.22. The predicted molar refractivity (Wildman–Crippen MR) is 136 cm³/mol. The van der Waals surface area contributed by atoms with Crippen LogP contribution in [0, 0.1) is 12.7 Å². The number of likely N-dealkylation sites (N-methyl/N-ethyl adjacent to an activating group) is 1. The van der Waals surface area contributed by atoms with Crippen LogP contribution in [-0.2, 0) is 6.42 Å². The second-order valence-electron chi connectivity index (χ2n) is 7.05. The summed E-state index contributed by atoms with van der Waals surface area (Å²) >= 11 is 0. The largest absolute Gasteiger partial charge is 0.493 e. The van der Waals surface area contributed by atoms with E-state index in [1.54, 1.807) is 40.3 Å². The number of ether oxygens (including phenoxy) is 2. The topological polar surface area (TPSA) is 75.2 Å². The molecule has 0 unspecified atom stereocenters. The average Bonchev–Trinajstić information content (AvgIpc) is 2.78. The molecular weight excluding hydrogens is 526 g/mol. The summed E-state index contributed by atoms with van der Waals surface area (Å²) in [7, 11) is 6.89. The third-order valence-corrected chi connectivity index (χ3v) is 4.88. The molecule has 0 aliphatic rings. The predicted octanol–water partition coefficient (Wildman–Crippen LogP) is 3.25. The van der Waals surface area contributed by atoms with Crippen molar-refractivity contribution < 1.29 is 18.7 Å². The van der Waals surface area contributed by atoms with Crippen molar-refractivity contribution in [2.45, 2.75) is 13.3 Å². The zero-order valence-electron chi connectivity index (χ0n) is 19.2. The Kier molecular flexibility index (Phi) is 11.8. The van der Waals surface area contributed by atoms with Gasteiger partial charge in [-0.1, -0.05) is 12.1 Å². The fourth-order valence-corrected chi connectivity index (χ4v) is 3.01. The van der Waals surface area contributed by atoms with Gasteiger partial charge in [0, 0.05) is 39.3 Å². The van der Waals surface area contributed by atoms with Gasteiger partial charge < -0.3 is 25.0 Å². The highest BCUT2D eigenvalue weighted by atomic mass is 127. The van der Waals surface area contributed by atoms with Crippen LogP contribution in [0.25, 0.3) is 0 Å². The van der Waals surface area contributed by atoms with Crippen LogP contribution in [0.3, 0.4) is 0 Å². The van der Waals surface area contributed by atoms with Crippen molar-refractivity contribution in [1.29, 1.82) is 0 Å². The van der Waals surface area contributed by atoms with Gasteiger partial charge in [-0.2, -0.15) is 0 Å². The Labute approximate surface area is 206 Å². The van der Waals surface area contributed by atoms with E-state index < -0.39 is 0 Å². The number of nitrogens with one attached hydrogen (secondary N) is 2. The van der Waals surface area contributed by atoms with E-state index in [1.165, 1.54) is 6.07 Å². The van der Waals surface area contributed by atoms with Crippen molar-refractivity contribution in [1.82, 2.24) is 15.5 Å². The summed E-state index contributed by atoms with van der Waals surface area (Å²) in [4.78, 5) is 18.4. The number of carbonyl (C=O) groups is 1. The van der Waals surface area contributed by atoms with E-state index in [-0.39, 0.29) is 35.7 Å². The zero-order chi connectivity index (χ0) is 22.8. The van der Waals surface area contributed by atoms with Crippen molar-refractivity contribution >= 4 is 35.8 Å². The summed E-state index contributed by atoms with van der Waals surface area (Å²) < 4.78 is 24.2. The smallest absolute Gasteiger partial charge is 0.251 e. The lowest BCUT2D eigenvalue weighted by Crippen LogP contribution is -2.43. The van der Waals surface area contributed by atoms with Crippen LogP contribution < -0.4 is 20.1 Å². The molecule has 2 aromatic rings. The van der Waals surface area contributed by atoms with E-state index in [0.29, 0.717) is 35.7 Å². The van der Waals surface area contributed by atoms with Gasteiger partial charge >= 0.3 is 0 Å². The molecule has 0 aliphatic heterocycles. The molecule has 9 heteroatoms. The number of amides is 1. The summed E-state index contributed by atoms with van der Waals surface area (Å²) in [6.07, 6.45) is 0.799. The Hall–Kier alpha value is -2.56. The third kappa shape index (κ3) is 7.85. The number of hydrogen-bond acceptors (Lipinski definition) is 4. The van der Waals surface area contributed by atoms with E-state index in [0.717, 1.165) is 24.5 Å². The first-order chi connectivity index (χ1) is 14.9. The van der Waals surface area contributed by atoms with Gasteiger partial charge in [0.2, 0.25) is 0 Å². The van der Waals surface area contributed by atoms with E-state index in [4.69, 9.17) is 9.47 Å². The maximum atomic E-state index is 13.6. The molecule has 32 heavy (non-hydrogen) atoms. The number of benzene rings is 2. The number of methoxy groups -OCH3 is 2. The Balaban J connectivity index is 0.00000512. The monoisotopic (exact) mass is 558 g/mol. The van der Waals surface area contributed by atoms with Crippen LogP contribution in [0.5, 0.6) is 11.5 Å². The maximum Gasteiger partial charge on any atom is 0.251 e. The molecule has 2 N–H and O–H groups in total. The Morgan fingerprint density at radius 3 is 2.38 bits per heavy atom. The van der Waals surface area contributed by atoms with Crippen LogP contribution in [0.1, 0.15) is 21.5 Å². The van der Waals surface area contributed by atoms with E-state index >= 15 is 0 Å². The SMILES string of the molecule is CN=C(NCCNC(=O)c1ccc(C)c(F)c1)N(C)CCc1ccc(OC)c(OC)c1.I. The summed E-state index contributed by atoms with van der Waals surface area (Å²) in [5, 5.41) is 5.99. The summed E-state index contributed by atoms with van der Waals surface area (Å²) in [5.41, 5.74) is 1.94. The van der Waals surface area contributed by atoms with Crippen LogP contribution in [-0.4, -0.2) is 64.7 Å². The number of carbonyl (C=O) groups excluding carboxylic acids is 1. The molecule has 1 amide bonds. The number of halogens is 2. The fraction of sp³-hybridized carbons (Fsp3) is 0.391. The van der Waals surface area contributed by atoms with E-state index in [9.17, 15) is 9.18 Å². The van der Waals surface area contributed by atoms with Gasteiger partial charge in [-0.05, 0) is 48.7 Å². The fourth-order valence-electron chi connectivity index (χ4n) is 3.01. The second kappa shape index (κ2) is 13.8. The first-order valence-corrected chi connectivity index (χ1v) is 10.1. The minimum absolute atomic E-state index is 0. The standard InChI is InChI=1S/C23H31FN4O3.HI/c1-16-6-8-18(15-19(16)24)22(29)26-11-12-27-23(25-2)28(3)13-10-17-7-9-20(30-4)21(14-17)31-5;/h6-9,14-15H,10-13H2,1-5H3,(H,25,27)(H,26,29);1H. The lowest BCUT2D eigenvalue weighted by molar-refractivity contribution is 0.0954. The van der Waals surface area contributed by atoms with Crippen molar-refractivity contribution in [3.05, 3.63) is 58.9 Å². The first-order valence-electron chi connectivity index (χ1n) is 10.1. The van der Waals surface area contributed by atoms with Crippen LogP contribution >= 0.6 is 24.0 Å². The highest BCUT2D eigenvalue weighted by molar-refractivity contribution is 14.0. The van der Waals surface area contributed by atoms with Gasteiger partial charge in [-0.3, -0.25) is 9.79 Å². The molecule has 2 aromatic carbocycles. The number of rotatable bonds is 9. The molecule has 0 bridgehead atoms. The minimum atomic E-state index is -0.387. The summed E-state index contributed by atoms with van der Waals surface area (Å²) in [6, 6.07) is 10.3. The molecule has 0 spiro atoms. The third-order valence-electron chi connectivity index (χ3n) is 4.88. The van der Waals surface area contributed by atoms with Crippen LogP contribution in [0.4, 0.5) is 4.39 Å². The highest BCUT2D eigenvalue weighted by Crippen LogP contribution is 2.27. The number of aliphatic imine (C=N–C) groups is 1. The molecule has 0 aromatic heterocycles. The van der Waals surface area contributed by atoms with Gasteiger partial charge in [0.15, 0.2) is 17.5 Å². The summed E-state index contributed by atoms with van der Waals surface area (Å²) in [6.45, 7) is 3.28.